The summed E-state index contributed by atoms with van der Waals surface area (Å²) in [7, 11) is 1.98. The number of pyridine rings is 1. The van der Waals surface area contributed by atoms with Crippen molar-refractivity contribution in [3.63, 3.8) is 0 Å². The summed E-state index contributed by atoms with van der Waals surface area (Å²) in [6.07, 6.45) is 3.74. The van der Waals surface area contributed by atoms with Gasteiger partial charge in [0.1, 0.15) is 0 Å². The van der Waals surface area contributed by atoms with Crippen molar-refractivity contribution in [1.82, 2.24) is 20.1 Å². The van der Waals surface area contributed by atoms with E-state index in [9.17, 15) is 0 Å². The highest BCUT2D eigenvalue weighted by Gasteiger charge is 2.07. The van der Waals surface area contributed by atoms with Crippen LogP contribution in [-0.4, -0.2) is 14.8 Å². The number of para-hydroxylation sites is 1. The number of aryl methyl sites for hydroxylation is 2. The minimum Gasteiger partial charge on any atom is -0.307 e. The maximum atomic E-state index is 4.58. The molecule has 1 aromatic carbocycles. The van der Waals surface area contributed by atoms with Crippen molar-refractivity contribution in [1.29, 1.82) is 0 Å². The van der Waals surface area contributed by atoms with E-state index in [1.165, 1.54) is 22.0 Å². The van der Waals surface area contributed by atoms with Crippen molar-refractivity contribution < 1.29 is 0 Å². The Morgan fingerprint density at radius 2 is 2.00 bits per heavy atom. The number of benzene rings is 1. The van der Waals surface area contributed by atoms with Gasteiger partial charge in [-0.1, -0.05) is 18.2 Å². The van der Waals surface area contributed by atoms with Gasteiger partial charge >= 0.3 is 0 Å². The molecule has 2 heterocycles. The average molecular weight is 266 g/mol. The van der Waals surface area contributed by atoms with Crippen molar-refractivity contribution in [2.45, 2.75) is 20.0 Å². The van der Waals surface area contributed by atoms with Gasteiger partial charge in [-0.15, -0.1) is 0 Å². The lowest BCUT2D eigenvalue weighted by molar-refractivity contribution is 0.658. The molecule has 1 N–H and O–H groups in total. The Morgan fingerprint density at radius 1 is 1.15 bits per heavy atom. The largest absolute Gasteiger partial charge is 0.307 e. The number of rotatable bonds is 4. The monoisotopic (exact) mass is 266 g/mol. The molecule has 4 nitrogen and oxygen atoms in total. The Labute approximate surface area is 118 Å². The minimum atomic E-state index is 0.760. The molecule has 0 unspecified atom stereocenters. The molecular weight excluding hydrogens is 248 g/mol. The van der Waals surface area contributed by atoms with Crippen molar-refractivity contribution in [2.24, 2.45) is 7.05 Å². The second kappa shape index (κ2) is 5.43. The Balaban J connectivity index is 1.73. The van der Waals surface area contributed by atoms with Gasteiger partial charge in [-0.25, -0.2) is 0 Å². The van der Waals surface area contributed by atoms with Crippen LogP contribution in [0.3, 0.4) is 0 Å². The highest BCUT2D eigenvalue weighted by Crippen LogP contribution is 2.17. The first kappa shape index (κ1) is 12.8. The summed E-state index contributed by atoms with van der Waals surface area (Å²) in [6.45, 7) is 3.68. The number of nitrogens with one attached hydrogen (secondary N) is 1. The fourth-order valence-electron chi connectivity index (χ4n) is 2.42. The van der Waals surface area contributed by atoms with Gasteiger partial charge < -0.3 is 5.32 Å². The quantitative estimate of drug-likeness (QED) is 0.789. The maximum Gasteiger partial charge on any atom is 0.0841 e. The topological polar surface area (TPSA) is 42.7 Å². The van der Waals surface area contributed by atoms with Crippen molar-refractivity contribution >= 4 is 10.9 Å². The Bertz CT molecular complexity index is 730. The third-order valence-corrected chi connectivity index (χ3v) is 3.59. The van der Waals surface area contributed by atoms with E-state index in [1.54, 1.807) is 0 Å². The third kappa shape index (κ3) is 2.42. The molecule has 20 heavy (non-hydrogen) atoms. The van der Waals surface area contributed by atoms with Gasteiger partial charge in [-0.05, 0) is 30.2 Å². The first-order valence-electron chi connectivity index (χ1n) is 6.76. The van der Waals surface area contributed by atoms with Crippen LogP contribution in [0.25, 0.3) is 10.9 Å². The van der Waals surface area contributed by atoms with Gasteiger partial charge in [-0.2, -0.15) is 5.10 Å². The summed E-state index contributed by atoms with van der Waals surface area (Å²) >= 11 is 0. The Kier molecular flexibility index (Phi) is 3.48. The van der Waals surface area contributed by atoms with Crippen LogP contribution >= 0.6 is 0 Å². The number of hydrogen-bond acceptors (Lipinski definition) is 3. The zero-order valence-electron chi connectivity index (χ0n) is 11.8. The number of aromatic nitrogens is 3. The van der Waals surface area contributed by atoms with Crippen LogP contribution in [0, 0.1) is 6.92 Å². The standard InChI is InChI=1S/C16H18N4/c1-12-7-8-17-9-13(12)10-18-11-15-14-5-3-4-6-16(14)20(2)19-15/h3-9,18H,10-11H2,1-2H3. The predicted octanol–water partition coefficient (Wildman–Crippen LogP) is 2.57. The van der Waals surface area contributed by atoms with Crippen LogP contribution in [0.15, 0.2) is 42.7 Å². The molecule has 0 amide bonds. The molecule has 0 spiro atoms. The van der Waals surface area contributed by atoms with E-state index in [0.717, 1.165) is 18.8 Å². The van der Waals surface area contributed by atoms with Gasteiger partial charge in [-0.3, -0.25) is 9.67 Å². The van der Waals surface area contributed by atoms with Crippen LogP contribution in [0.1, 0.15) is 16.8 Å². The molecule has 3 aromatic rings. The molecule has 0 fully saturated rings. The van der Waals surface area contributed by atoms with Crippen LogP contribution < -0.4 is 5.32 Å². The smallest absolute Gasteiger partial charge is 0.0841 e. The van der Waals surface area contributed by atoms with E-state index < -0.39 is 0 Å². The van der Waals surface area contributed by atoms with E-state index in [-0.39, 0.29) is 0 Å². The third-order valence-electron chi connectivity index (χ3n) is 3.59. The van der Waals surface area contributed by atoms with E-state index in [0.29, 0.717) is 0 Å². The highest BCUT2D eigenvalue weighted by atomic mass is 15.3. The summed E-state index contributed by atoms with van der Waals surface area (Å²) in [5.74, 6) is 0. The SMILES string of the molecule is Cc1ccncc1CNCc1nn(C)c2ccccc12. The number of nitrogens with zero attached hydrogens (tertiary/aromatic N) is 3. The fourth-order valence-corrected chi connectivity index (χ4v) is 2.42. The van der Waals surface area contributed by atoms with Crippen molar-refractivity contribution in [3.05, 3.63) is 59.5 Å². The van der Waals surface area contributed by atoms with E-state index in [4.69, 9.17) is 0 Å². The first-order valence-corrected chi connectivity index (χ1v) is 6.76. The van der Waals surface area contributed by atoms with Crippen molar-refractivity contribution in [2.75, 3.05) is 0 Å². The average Bonchev–Trinajstić information content (AvgIpc) is 2.78. The zero-order chi connectivity index (χ0) is 13.9. The van der Waals surface area contributed by atoms with Crippen LogP contribution in [0.2, 0.25) is 0 Å². The van der Waals surface area contributed by atoms with Crippen LogP contribution in [0.5, 0.6) is 0 Å². The molecule has 0 aliphatic heterocycles. The second-order valence-corrected chi connectivity index (χ2v) is 4.99. The molecule has 0 aliphatic carbocycles. The summed E-state index contributed by atoms with van der Waals surface area (Å²) in [6, 6.07) is 10.3. The van der Waals surface area contributed by atoms with Gasteiger partial charge in [0.25, 0.3) is 0 Å². The lowest BCUT2D eigenvalue weighted by Crippen LogP contribution is -2.14. The Hall–Kier alpha value is -2.20. The highest BCUT2D eigenvalue weighted by molar-refractivity contribution is 5.81. The normalized spacial score (nSPS) is 11.1. The molecule has 4 heteroatoms. The second-order valence-electron chi connectivity index (χ2n) is 4.99. The zero-order valence-corrected chi connectivity index (χ0v) is 11.8. The molecule has 0 radical (unpaired) electrons. The van der Waals surface area contributed by atoms with Gasteiger partial charge in [0.2, 0.25) is 0 Å². The first-order chi connectivity index (χ1) is 9.75. The van der Waals surface area contributed by atoms with Gasteiger partial charge in [0, 0.05) is 37.9 Å². The Morgan fingerprint density at radius 3 is 2.85 bits per heavy atom. The summed E-state index contributed by atoms with van der Waals surface area (Å²) in [5.41, 5.74) is 4.75. The van der Waals surface area contributed by atoms with Gasteiger partial charge in [0.05, 0.1) is 11.2 Å². The van der Waals surface area contributed by atoms with E-state index in [2.05, 4.69) is 40.5 Å². The molecule has 2 aromatic heterocycles. The molecule has 102 valence electrons. The molecule has 0 saturated carbocycles. The maximum absolute atomic E-state index is 4.58. The van der Waals surface area contributed by atoms with Crippen molar-refractivity contribution in [3.8, 4) is 0 Å². The predicted molar refractivity (Wildman–Crippen MR) is 80.2 cm³/mol. The summed E-state index contributed by atoms with van der Waals surface area (Å²) < 4.78 is 1.93. The molecule has 0 aliphatic rings. The molecule has 0 atom stereocenters. The lowest BCUT2D eigenvalue weighted by Gasteiger charge is -2.05. The van der Waals surface area contributed by atoms with Crippen LogP contribution in [-0.2, 0) is 20.1 Å². The van der Waals surface area contributed by atoms with Crippen LogP contribution in [0.4, 0.5) is 0 Å². The summed E-state index contributed by atoms with van der Waals surface area (Å²) in [4.78, 5) is 4.17. The number of fused-ring (bicyclic) bond motifs is 1. The van der Waals surface area contributed by atoms with E-state index in [1.807, 2.05) is 36.3 Å². The lowest BCUT2D eigenvalue weighted by atomic mass is 10.1. The molecule has 3 rings (SSSR count). The summed E-state index contributed by atoms with van der Waals surface area (Å²) in [5, 5.41) is 9.24. The number of hydrogen-bond donors (Lipinski definition) is 1. The molecular formula is C16H18N4. The van der Waals surface area contributed by atoms with Gasteiger partial charge in [0.15, 0.2) is 0 Å². The fraction of sp³-hybridized carbons (Fsp3) is 0.250. The van der Waals surface area contributed by atoms with E-state index >= 15 is 0 Å². The molecule has 0 bridgehead atoms. The minimum absolute atomic E-state index is 0.760. The molecule has 0 saturated heterocycles.